The molecule has 0 fully saturated rings. The van der Waals surface area contributed by atoms with Crippen LogP contribution >= 0.6 is 0 Å². The van der Waals surface area contributed by atoms with Crippen molar-refractivity contribution in [2.45, 2.75) is 32.9 Å². The van der Waals surface area contributed by atoms with Gasteiger partial charge in [0.15, 0.2) is 0 Å². The molecule has 2 nitrogen and oxygen atoms in total. The van der Waals surface area contributed by atoms with E-state index in [0.29, 0.717) is 18.6 Å². The lowest BCUT2D eigenvalue weighted by molar-refractivity contribution is -0.165. The molecule has 0 amide bonds. The number of carbonyl (C=O) groups is 1. The third-order valence-corrected chi connectivity index (χ3v) is 1.64. The minimum atomic E-state index is -4.81. The molecule has 0 aliphatic rings. The van der Waals surface area contributed by atoms with Crippen LogP contribution in [-0.2, 0) is 9.53 Å². The summed E-state index contributed by atoms with van der Waals surface area (Å²) in [5, 5.41) is 0. The van der Waals surface area contributed by atoms with Gasteiger partial charge in [-0.3, -0.25) is 4.79 Å². The molecule has 0 heterocycles. The maximum absolute atomic E-state index is 11.7. The second-order valence-corrected chi connectivity index (χ2v) is 3.57. The summed E-state index contributed by atoms with van der Waals surface area (Å²) >= 11 is 0. The van der Waals surface area contributed by atoms with Crippen molar-refractivity contribution in [2.24, 2.45) is 5.92 Å². The summed E-state index contributed by atoms with van der Waals surface area (Å²) in [6.45, 7) is 4.42. The first-order valence-electron chi connectivity index (χ1n) is 4.73. The normalized spacial score (nSPS) is 12.4. The summed E-state index contributed by atoms with van der Waals surface area (Å²) in [4.78, 5) is 10.3. The lowest BCUT2D eigenvalue weighted by atomic mass is 10.1. The van der Waals surface area contributed by atoms with E-state index in [-0.39, 0.29) is 0 Å². The van der Waals surface area contributed by atoms with Crippen LogP contribution in [0, 0.1) is 5.92 Å². The van der Waals surface area contributed by atoms with E-state index >= 15 is 0 Å². The van der Waals surface area contributed by atoms with Crippen molar-refractivity contribution in [1.29, 1.82) is 0 Å². The van der Waals surface area contributed by atoms with Gasteiger partial charge in [-0.05, 0) is 18.8 Å². The fraction of sp³-hybridized carbons (Fsp3) is 0.700. The molecular formula is C10H15F3O2. The van der Waals surface area contributed by atoms with E-state index in [9.17, 15) is 18.0 Å². The first kappa shape index (κ1) is 14.0. The minimum absolute atomic E-state index is 0.333. The van der Waals surface area contributed by atoms with Gasteiger partial charge in [-0.25, -0.2) is 0 Å². The summed E-state index contributed by atoms with van der Waals surface area (Å²) in [5.74, 6) is -1.36. The van der Waals surface area contributed by atoms with Crippen LogP contribution in [0.25, 0.3) is 0 Å². The SMILES string of the molecule is CC(C)CCCO/C=C/C(=O)C(F)(F)F. The highest BCUT2D eigenvalue weighted by atomic mass is 19.4. The Balaban J connectivity index is 3.60. The molecule has 0 unspecified atom stereocenters. The Morgan fingerprint density at radius 2 is 2.00 bits per heavy atom. The van der Waals surface area contributed by atoms with Crippen molar-refractivity contribution in [3.05, 3.63) is 12.3 Å². The largest absolute Gasteiger partial charge is 0.501 e. The van der Waals surface area contributed by atoms with Gasteiger partial charge in [-0.15, -0.1) is 0 Å². The van der Waals surface area contributed by atoms with Crippen LogP contribution in [0.2, 0.25) is 0 Å². The number of rotatable bonds is 6. The molecule has 5 heteroatoms. The predicted molar refractivity (Wildman–Crippen MR) is 50.2 cm³/mol. The minimum Gasteiger partial charge on any atom is -0.501 e. The lowest BCUT2D eigenvalue weighted by Gasteiger charge is -2.04. The maximum atomic E-state index is 11.7. The number of allylic oxidation sites excluding steroid dienone is 1. The highest BCUT2D eigenvalue weighted by Gasteiger charge is 2.36. The third kappa shape index (κ3) is 8.03. The van der Waals surface area contributed by atoms with Crippen LogP contribution < -0.4 is 0 Å². The third-order valence-electron chi connectivity index (χ3n) is 1.64. The molecule has 0 saturated carbocycles. The first-order chi connectivity index (χ1) is 6.84. The standard InChI is InChI=1S/C10H15F3O2/c1-8(2)4-3-6-15-7-5-9(14)10(11,12)13/h5,7-8H,3-4,6H2,1-2H3/b7-5+. The first-order valence-corrected chi connectivity index (χ1v) is 4.73. The van der Waals surface area contributed by atoms with E-state index in [1.54, 1.807) is 0 Å². The number of ketones is 1. The highest BCUT2D eigenvalue weighted by molar-refractivity contribution is 5.94. The molecule has 0 atom stereocenters. The summed E-state index contributed by atoms with van der Waals surface area (Å²) in [6.07, 6.45) is -1.90. The maximum Gasteiger partial charge on any atom is 0.454 e. The van der Waals surface area contributed by atoms with E-state index in [4.69, 9.17) is 4.74 Å². The Morgan fingerprint density at radius 1 is 1.40 bits per heavy atom. The van der Waals surface area contributed by atoms with Gasteiger partial charge < -0.3 is 4.74 Å². The fourth-order valence-corrected chi connectivity index (χ4v) is 0.847. The van der Waals surface area contributed by atoms with Crippen molar-refractivity contribution in [3.8, 4) is 0 Å². The zero-order valence-electron chi connectivity index (χ0n) is 8.80. The number of carbonyl (C=O) groups excluding carboxylic acids is 1. The van der Waals surface area contributed by atoms with Gasteiger partial charge in [-0.2, -0.15) is 13.2 Å². The van der Waals surface area contributed by atoms with Crippen molar-refractivity contribution < 1.29 is 22.7 Å². The van der Waals surface area contributed by atoms with E-state index < -0.39 is 12.0 Å². The van der Waals surface area contributed by atoms with E-state index in [0.717, 1.165) is 19.1 Å². The molecule has 0 aromatic rings. The quantitative estimate of drug-likeness (QED) is 0.393. The van der Waals surface area contributed by atoms with Gasteiger partial charge in [0.1, 0.15) is 0 Å². The monoisotopic (exact) mass is 224 g/mol. The van der Waals surface area contributed by atoms with Crippen molar-refractivity contribution in [2.75, 3.05) is 6.61 Å². The Bertz CT molecular complexity index is 219. The Kier molecular flexibility index (Phi) is 6.05. The summed E-state index contributed by atoms with van der Waals surface area (Å²) < 4.78 is 39.8. The Morgan fingerprint density at radius 3 is 2.47 bits per heavy atom. The van der Waals surface area contributed by atoms with Crippen LogP contribution in [0.5, 0.6) is 0 Å². The van der Waals surface area contributed by atoms with E-state index in [1.807, 2.05) is 13.8 Å². The van der Waals surface area contributed by atoms with Crippen molar-refractivity contribution in [3.63, 3.8) is 0 Å². The summed E-state index contributed by atoms with van der Waals surface area (Å²) in [7, 11) is 0. The fourth-order valence-electron chi connectivity index (χ4n) is 0.847. The lowest BCUT2D eigenvalue weighted by Crippen LogP contribution is -2.19. The van der Waals surface area contributed by atoms with Crippen LogP contribution in [0.1, 0.15) is 26.7 Å². The van der Waals surface area contributed by atoms with Gasteiger partial charge in [-0.1, -0.05) is 13.8 Å². The number of ether oxygens (including phenoxy) is 1. The average Bonchev–Trinajstić information content (AvgIpc) is 2.08. The predicted octanol–water partition coefficient (Wildman–Crippen LogP) is 3.08. The number of alkyl halides is 3. The number of hydrogen-bond donors (Lipinski definition) is 0. The van der Waals surface area contributed by atoms with Gasteiger partial charge in [0.25, 0.3) is 5.78 Å². The molecule has 0 spiro atoms. The van der Waals surface area contributed by atoms with Gasteiger partial charge in [0, 0.05) is 6.08 Å². The molecular weight excluding hydrogens is 209 g/mol. The van der Waals surface area contributed by atoms with E-state index in [2.05, 4.69) is 0 Å². The molecule has 0 radical (unpaired) electrons. The van der Waals surface area contributed by atoms with Crippen LogP contribution in [0.4, 0.5) is 13.2 Å². The van der Waals surface area contributed by atoms with Gasteiger partial charge >= 0.3 is 6.18 Å². The second-order valence-electron chi connectivity index (χ2n) is 3.57. The molecule has 0 saturated heterocycles. The molecule has 0 aliphatic heterocycles. The highest BCUT2D eigenvalue weighted by Crippen LogP contribution is 2.16. The van der Waals surface area contributed by atoms with Gasteiger partial charge in [0.2, 0.25) is 0 Å². The van der Waals surface area contributed by atoms with Crippen LogP contribution in [0.3, 0.4) is 0 Å². The van der Waals surface area contributed by atoms with Crippen molar-refractivity contribution in [1.82, 2.24) is 0 Å². The molecule has 0 aromatic heterocycles. The average molecular weight is 224 g/mol. The topological polar surface area (TPSA) is 26.3 Å². The molecule has 0 aliphatic carbocycles. The smallest absolute Gasteiger partial charge is 0.454 e. The van der Waals surface area contributed by atoms with E-state index in [1.165, 1.54) is 0 Å². The van der Waals surface area contributed by atoms with Crippen LogP contribution in [-0.4, -0.2) is 18.6 Å². The molecule has 0 rings (SSSR count). The molecule has 0 N–H and O–H groups in total. The number of halogens is 3. The van der Waals surface area contributed by atoms with Crippen molar-refractivity contribution >= 4 is 5.78 Å². The molecule has 0 aromatic carbocycles. The van der Waals surface area contributed by atoms with Crippen LogP contribution in [0.15, 0.2) is 12.3 Å². The molecule has 0 bridgehead atoms. The van der Waals surface area contributed by atoms with Gasteiger partial charge in [0.05, 0.1) is 12.9 Å². The Hall–Kier alpha value is -1.00. The number of hydrogen-bond acceptors (Lipinski definition) is 2. The second kappa shape index (κ2) is 6.48. The molecule has 88 valence electrons. The molecule has 15 heavy (non-hydrogen) atoms. The Labute approximate surface area is 87.1 Å². The summed E-state index contributed by atoms with van der Waals surface area (Å²) in [6, 6.07) is 0. The zero-order chi connectivity index (χ0) is 11.9. The summed E-state index contributed by atoms with van der Waals surface area (Å²) in [5.41, 5.74) is 0. The zero-order valence-corrected chi connectivity index (χ0v) is 8.80.